The Balaban J connectivity index is 2.39. The van der Waals surface area contributed by atoms with Gasteiger partial charge in [0.2, 0.25) is 5.91 Å². The van der Waals surface area contributed by atoms with Gasteiger partial charge in [0, 0.05) is 13.2 Å². The number of nitrogens with two attached hydrogens (primary N) is 1. The maximum absolute atomic E-state index is 12.0. The van der Waals surface area contributed by atoms with Gasteiger partial charge in [0.05, 0.1) is 12.0 Å². The van der Waals surface area contributed by atoms with Crippen LogP contribution >= 0.6 is 0 Å². The first-order valence-corrected chi connectivity index (χ1v) is 6.59. The van der Waals surface area contributed by atoms with Crippen LogP contribution in [0.15, 0.2) is 0 Å². The van der Waals surface area contributed by atoms with Crippen LogP contribution in [0.4, 0.5) is 0 Å². The van der Waals surface area contributed by atoms with Gasteiger partial charge in [-0.3, -0.25) is 4.79 Å². The van der Waals surface area contributed by atoms with E-state index in [1.54, 1.807) is 0 Å². The van der Waals surface area contributed by atoms with Crippen LogP contribution in [0.3, 0.4) is 0 Å². The maximum atomic E-state index is 12.0. The van der Waals surface area contributed by atoms with Crippen LogP contribution in [0.25, 0.3) is 0 Å². The fourth-order valence-electron chi connectivity index (χ4n) is 2.29. The van der Waals surface area contributed by atoms with Gasteiger partial charge < -0.3 is 15.8 Å². The first kappa shape index (κ1) is 14.5. The van der Waals surface area contributed by atoms with E-state index in [4.69, 9.17) is 10.5 Å². The van der Waals surface area contributed by atoms with Crippen molar-refractivity contribution in [2.24, 2.45) is 17.1 Å². The van der Waals surface area contributed by atoms with Gasteiger partial charge in [-0.25, -0.2) is 0 Å². The Kier molecular flexibility index (Phi) is 5.40. The molecule has 0 aliphatic carbocycles. The van der Waals surface area contributed by atoms with Crippen molar-refractivity contribution in [3.05, 3.63) is 0 Å². The summed E-state index contributed by atoms with van der Waals surface area (Å²) in [6, 6.07) is 0. The number of ether oxygens (including phenoxy) is 1. The molecule has 0 saturated carbocycles. The molecule has 100 valence electrons. The topological polar surface area (TPSA) is 64.3 Å². The number of carbonyl (C=O) groups is 1. The van der Waals surface area contributed by atoms with Gasteiger partial charge in [-0.2, -0.15) is 0 Å². The van der Waals surface area contributed by atoms with E-state index in [1.165, 1.54) is 0 Å². The largest absolute Gasteiger partial charge is 0.377 e. The molecule has 4 heteroatoms. The molecule has 2 unspecified atom stereocenters. The molecule has 1 saturated heterocycles. The fraction of sp³-hybridized carbons (Fsp3) is 0.923. The molecule has 0 aromatic rings. The minimum Gasteiger partial charge on any atom is -0.377 e. The quantitative estimate of drug-likeness (QED) is 0.737. The van der Waals surface area contributed by atoms with Crippen LogP contribution in [0.5, 0.6) is 0 Å². The smallest absolute Gasteiger partial charge is 0.225 e. The molecule has 1 heterocycles. The Bertz CT molecular complexity index is 254. The summed E-state index contributed by atoms with van der Waals surface area (Å²) in [4.78, 5) is 12.0. The fourth-order valence-corrected chi connectivity index (χ4v) is 2.29. The molecule has 17 heavy (non-hydrogen) atoms. The zero-order chi connectivity index (χ0) is 12.9. The van der Waals surface area contributed by atoms with Gasteiger partial charge in [-0.15, -0.1) is 0 Å². The van der Waals surface area contributed by atoms with Crippen LogP contribution in [-0.2, 0) is 9.53 Å². The molecule has 0 radical (unpaired) electrons. The number of rotatable bonds is 6. The van der Waals surface area contributed by atoms with Crippen molar-refractivity contribution in [1.29, 1.82) is 0 Å². The number of nitrogens with one attached hydrogen (secondary N) is 1. The summed E-state index contributed by atoms with van der Waals surface area (Å²) in [6.45, 7) is 8.38. The standard InChI is InChI=1S/C13H26N2O2/c1-4-11-10(5-8-17-11)12(16)15-9-13(2,3)6-7-14/h10-11H,4-9,14H2,1-3H3,(H,15,16). The molecule has 1 rings (SSSR count). The number of hydrogen-bond donors (Lipinski definition) is 2. The second-order valence-electron chi connectivity index (χ2n) is 5.63. The third-order valence-electron chi connectivity index (χ3n) is 3.51. The van der Waals surface area contributed by atoms with E-state index in [2.05, 4.69) is 26.1 Å². The van der Waals surface area contributed by atoms with Crippen molar-refractivity contribution in [1.82, 2.24) is 5.32 Å². The summed E-state index contributed by atoms with van der Waals surface area (Å²) in [6.07, 6.45) is 2.78. The zero-order valence-corrected chi connectivity index (χ0v) is 11.3. The molecule has 0 spiro atoms. The molecular formula is C13H26N2O2. The van der Waals surface area contributed by atoms with Crippen LogP contribution in [0, 0.1) is 11.3 Å². The summed E-state index contributed by atoms with van der Waals surface area (Å²) in [5, 5.41) is 3.04. The van der Waals surface area contributed by atoms with E-state index < -0.39 is 0 Å². The van der Waals surface area contributed by atoms with Crippen LogP contribution in [0.1, 0.15) is 40.0 Å². The summed E-state index contributed by atoms with van der Waals surface area (Å²) in [5.74, 6) is 0.174. The van der Waals surface area contributed by atoms with Crippen molar-refractivity contribution >= 4 is 5.91 Å². The van der Waals surface area contributed by atoms with Gasteiger partial charge in [0.15, 0.2) is 0 Å². The molecule has 1 aliphatic rings. The predicted molar refractivity (Wildman–Crippen MR) is 68.6 cm³/mol. The summed E-state index contributed by atoms with van der Waals surface area (Å²) in [7, 11) is 0. The van der Waals surface area contributed by atoms with Crippen LogP contribution in [-0.4, -0.2) is 31.7 Å². The normalized spacial score (nSPS) is 24.9. The third kappa shape index (κ3) is 4.28. The van der Waals surface area contributed by atoms with E-state index in [9.17, 15) is 4.79 Å². The maximum Gasteiger partial charge on any atom is 0.225 e. The Morgan fingerprint density at radius 1 is 1.53 bits per heavy atom. The molecule has 1 aliphatic heterocycles. The average molecular weight is 242 g/mol. The van der Waals surface area contributed by atoms with Crippen molar-refractivity contribution in [3.63, 3.8) is 0 Å². The van der Waals surface area contributed by atoms with Gasteiger partial charge in [-0.1, -0.05) is 20.8 Å². The minimum atomic E-state index is 0.0358. The molecule has 0 bridgehead atoms. The lowest BCUT2D eigenvalue weighted by Crippen LogP contribution is -2.40. The highest BCUT2D eigenvalue weighted by molar-refractivity contribution is 5.79. The lowest BCUT2D eigenvalue weighted by Gasteiger charge is -2.25. The molecule has 4 nitrogen and oxygen atoms in total. The summed E-state index contributed by atoms with van der Waals surface area (Å²) >= 11 is 0. The Morgan fingerprint density at radius 2 is 2.24 bits per heavy atom. The summed E-state index contributed by atoms with van der Waals surface area (Å²) in [5.41, 5.74) is 5.63. The van der Waals surface area contributed by atoms with Crippen molar-refractivity contribution in [2.75, 3.05) is 19.7 Å². The highest BCUT2D eigenvalue weighted by atomic mass is 16.5. The zero-order valence-electron chi connectivity index (χ0n) is 11.3. The SMILES string of the molecule is CCC1OCCC1C(=O)NCC(C)(C)CCN. The van der Waals surface area contributed by atoms with Crippen LogP contribution < -0.4 is 11.1 Å². The van der Waals surface area contributed by atoms with E-state index in [0.29, 0.717) is 19.7 Å². The van der Waals surface area contributed by atoms with E-state index in [0.717, 1.165) is 19.3 Å². The molecular weight excluding hydrogens is 216 g/mol. The van der Waals surface area contributed by atoms with Gasteiger partial charge in [-0.05, 0) is 31.2 Å². The molecule has 3 N–H and O–H groups in total. The Morgan fingerprint density at radius 3 is 2.82 bits per heavy atom. The lowest BCUT2D eigenvalue weighted by atomic mass is 9.89. The van der Waals surface area contributed by atoms with E-state index in [-0.39, 0.29) is 23.3 Å². The molecule has 2 atom stereocenters. The Labute approximate surface area is 104 Å². The highest BCUT2D eigenvalue weighted by Crippen LogP contribution is 2.24. The first-order chi connectivity index (χ1) is 8.00. The average Bonchev–Trinajstić information content (AvgIpc) is 2.74. The predicted octanol–water partition coefficient (Wildman–Crippen LogP) is 1.29. The van der Waals surface area contributed by atoms with E-state index >= 15 is 0 Å². The van der Waals surface area contributed by atoms with E-state index in [1.807, 2.05) is 0 Å². The van der Waals surface area contributed by atoms with Gasteiger partial charge in [0.25, 0.3) is 0 Å². The highest BCUT2D eigenvalue weighted by Gasteiger charge is 2.33. The monoisotopic (exact) mass is 242 g/mol. The first-order valence-electron chi connectivity index (χ1n) is 6.59. The van der Waals surface area contributed by atoms with Crippen molar-refractivity contribution in [3.8, 4) is 0 Å². The number of carbonyl (C=O) groups excluding carboxylic acids is 1. The van der Waals surface area contributed by atoms with Gasteiger partial charge >= 0.3 is 0 Å². The molecule has 1 amide bonds. The molecule has 0 aromatic heterocycles. The molecule has 0 aromatic carbocycles. The Hall–Kier alpha value is -0.610. The number of amides is 1. The van der Waals surface area contributed by atoms with Crippen molar-refractivity contribution in [2.45, 2.75) is 46.1 Å². The van der Waals surface area contributed by atoms with Crippen LogP contribution in [0.2, 0.25) is 0 Å². The number of hydrogen-bond acceptors (Lipinski definition) is 3. The molecule has 1 fully saturated rings. The van der Waals surface area contributed by atoms with Gasteiger partial charge in [0.1, 0.15) is 0 Å². The second kappa shape index (κ2) is 6.36. The van der Waals surface area contributed by atoms with Crippen molar-refractivity contribution < 1.29 is 9.53 Å². The summed E-state index contributed by atoms with van der Waals surface area (Å²) < 4.78 is 5.53. The lowest BCUT2D eigenvalue weighted by molar-refractivity contribution is -0.127. The second-order valence-corrected chi connectivity index (χ2v) is 5.63. The minimum absolute atomic E-state index is 0.0358. The third-order valence-corrected chi connectivity index (χ3v) is 3.51.